The largest absolute Gasteiger partial charge is 0.450 e. The van der Waals surface area contributed by atoms with E-state index < -0.39 is 5.60 Å². The number of amides is 1. The minimum Gasteiger partial charge on any atom is -0.450 e. The molecular formula is C22H28N4O3. The number of ether oxygens (including phenoxy) is 1. The molecule has 1 fully saturated rings. The van der Waals surface area contributed by atoms with Gasteiger partial charge in [0, 0.05) is 32.1 Å². The van der Waals surface area contributed by atoms with Gasteiger partial charge < -0.3 is 19.0 Å². The van der Waals surface area contributed by atoms with Gasteiger partial charge in [-0.1, -0.05) is 12.1 Å². The average molecular weight is 396 g/mol. The molecule has 7 nitrogen and oxygen atoms in total. The highest BCUT2D eigenvalue weighted by molar-refractivity contribution is 6.05. The van der Waals surface area contributed by atoms with Crippen LogP contribution in [0.5, 0.6) is 0 Å². The molecular weight excluding hydrogens is 368 g/mol. The van der Waals surface area contributed by atoms with Crippen LogP contribution in [-0.2, 0) is 4.74 Å². The van der Waals surface area contributed by atoms with E-state index in [4.69, 9.17) is 9.15 Å². The summed E-state index contributed by atoms with van der Waals surface area (Å²) in [6, 6.07) is 7.92. The highest BCUT2D eigenvalue weighted by Crippen LogP contribution is 2.33. The van der Waals surface area contributed by atoms with Crippen molar-refractivity contribution < 1.29 is 13.9 Å². The molecule has 1 saturated heterocycles. The Morgan fingerprint density at radius 2 is 2.10 bits per heavy atom. The van der Waals surface area contributed by atoms with Crippen molar-refractivity contribution in [3.8, 4) is 0 Å². The van der Waals surface area contributed by atoms with Crippen molar-refractivity contribution in [2.75, 3.05) is 31.6 Å². The van der Waals surface area contributed by atoms with Crippen LogP contribution in [0.1, 0.15) is 33.6 Å². The molecule has 0 N–H and O–H groups in total. The Labute approximate surface area is 170 Å². The normalized spacial score (nSPS) is 17.7. The molecule has 1 aliphatic heterocycles. The van der Waals surface area contributed by atoms with Crippen LogP contribution in [0.15, 0.2) is 35.0 Å². The van der Waals surface area contributed by atoms with Gasteiger partial charge in [0.25, 0.3) is 0 Å². The number of rotatable bonds is 3. The number of furan rings is 1. The van der Waals surface area contributed by atoms with Crippen molar-refractivity contribution in [3.05, 3.63) is 30.6 Å². The smallest absolute Gasteiger partial charge is 0.410 e. The van der Waals surface area contributed by atoms with Crippen molar-refractivity contribution in [1.82, 2.24) is 14.9 Å². The van der Waals surface area contributed by atoms with Crippen molar-refractivity contribution >= 4 is 34.0 Å². The van der Waals surface area contributed by atoms with Gasteiger partial charge in [0.15, 0.2) is 11.4 Å². The summed E-state index contributed by atoms with van der Waals surface area (Å²) in [5.41, 5.74) is 1.91. The quantitative estimate of drug-likeness (QED) is 0.651. The lowest BCUT2D eigenvalue weighted by atomic mass is 9.97. The molecule has 1 aromatic carbocycles. The molecule has 3 aromatic rings. The number of nitrogens with zero attached hydrogens (tertiary/aromatic N) is 4. The fraction of sp³-hybridized carbons (Fsp3) is 0.500. The molecule has 7 heteroatoms. The number of hydrogen-bond acceptors (Lipinski definition) is 6. The standard InChI is InChI=1S/C22H28N4O3/c1-22(2,3)29-21(27)25(4)12-15-8-7-11-26(13-15)20-19-18(23-14-24-20)16-9-5-6-10-17(16)28-19/h5-6,9-10,14-15H,7-8,11-13H2,1-4H3/t15-/m0/s1. The summed E-state index contributed by atoms with van der Waals surface area (Å²) in [7, 11) is 1.80. The number of benzene rings is 1. The predicted molar refractivity (Wildman–Crippen MR) is 113 cm³/mol. The number of piperidine rings is 1. The van der Waals surface area contributed by atoms with Crippen LogP contribution in [0.2, 0.25) is 0 Å². The van der Waals surface area contributed by atoms with E-state index in [-0.39, 0.29) is 6.09 Å². The molecule has 1 aliphatic rings. The maximum atomic E-state index is 12.3. The third-order valence-corrected chi connectivity index (χ3v) is 5.19. The van der Waals surface area contributed by atoms with Gasteiger partial charge in [-0.3, -0.25) is 0 Å². The van der Waals surface area contributed by atoms with E-state index in [2.05, 4.69) is 14.9 Å². The fourth-order valence-corrected chi connectivity index (χ4v) is 3.94. The lowest BCUT2D eigenvalue weighted by molar-refractivity contribution is 0.0269. The highest BCUT2D eigenvalue weighted by atomic mass is 16.6. The first-order valence-corrected chi connectivity index (χ1v) is 10.1. The molecule has 0 saturated carbocycles. The van der Waals surface area contributed by atoms with Crippen LogP contribution in [-0.4, -0.2) is 53.2 Å². The summed E-state index contributed by atoms with van der Waals surface area (Å²) in [5.74, 6) is 1.17. The van der Waals surface area contributed by atoms with Crippen molar-refractivity contribution in [3.63, 3.8) is 0 Å². The first kappa shape index (κ1) is 19.5. The molecule has 4 rings (SSSR count). The summed E-state index contributed by atoms with van der Waals surface area (Å²) in [6.07, 6.45) is 3.43. The Balaban J connectivity index is 1.52. The molecule has 3 heterocycles. The minimum atomic E-state index is -0.488. The van der Waals surface area contributed by atoms with Gasteiger partial charge in [0.2, 0.25) is 0 Å². The van der Waals surface area contributed by atoms with Crippen LogP contribution >= 0.6 is 0 Å². The SMILES string of the molecule is CN(C[C@@H]1CCCN(c2ncnc3c2oc2ccccc23)C1)C(=O)OC(C)(C)C. The monoisotopic (exact) mass is 396 g/mol. The second-order valence-corrected chi connectivity index (χ2v) is 8.79. The predicted octanol–water partition coefficient (Wildman–Crippen LogP) is 4.46. The van der Waals surface area contributed by atoms with Gasteiger partial charge >= 0.3 is 6.09 Å². The molecule has 0 bridgehead atoms. The first-order chi connectivity index (χ1) is 13.8. The van der Waals surface area contributed by atoms with Crippen LogP contribution in [0, 0.1) is 5.92 Å². The molecule has 0 aliphatic carbocycles. The van der Waals surface area contributed by atoms with Crippen molar-refractivity contribution in [2.24, 2.45) is 5.92 Å². The molecule has 0 radical (unpaired) electrons. The third kappa shape index (κ3) is 4.13. The van der Waals surface area contributed by atoms with Gasteiger partial charge in [-0.2, -0.15) is 0 Å². The number of anilines is 1. The second-order valence-electron chi connectivity index (χ2n) is 8.79. The van der Waals surface area contributed by atoms with Crippen molar-refractivity contribution in [2.45, 2.75) is 39.2 Å². The first-order valence-electron chi connectivity index (χ1n) is 10.1. The maximum absolute atomic E-state index is 12.3. The Morgan fingerprint density at radius 1 is 1.31 bits per heavy atom. The third-order valence-electron chi connectivity index (χ3n) is 5.19. The summed E-state index contributed by atoms with van der Waals surface area (Å²) >= 11 is 0. The molecule has 1 amide bonds. The van der Waals surface area contributed by atoms with Crippen LogP contribution in [0.25, 0.3) is 22.1 Å². The number of carbonyl (C=O) groups is 1. The number of aromatic nitrogens is 2. The van der Waals surface area contributed by atoms with Gasteiger partial charge in [0.1, 0.15) is 23.0 Å². The molecule has 0 spiro atoms. The number of carbonyl (C=O) groups excluding carboxylic acids is 1. The Morgan fingerprint density at radius 3 is 2.90 bits per heavy atom. The summed E-state index contributed by atoms with van der Waals surface area (Å²) in [5, 5.41) is 1.00. The molecule has 0 unspecified atom stereocenters. The average Bonchev–Trinajstić information content (AvgIpc) is 3.05. The minimum absolute atomic E-state index is 0.281. The Hall–Kier alpha value is -2.83. The topological polar surface area (TPSA) is 71.7 Å². The molecule has 154 valence electrons. The van der Waals surface area contributed by atoms with Gasteiger partial charge in [-0.05, 0) is 51.7 Å². The Kier molecular flexibility index (Phi) is 5.06. The number of fused-ring (bicyclic) bond motifs is 3. The van der Waals surface area contributed by atoms with Gasteiger partial charge in [-0.25, -0.2) is 14.8 Å². The number of hydrogen-bond donors (Lipinski definition) is 0. The van der Waals surface area contributed by atoms with Crippen molar-refractivity contribution in [1.29, 1.82) is 0 Å². The van der Waals surface area contributed by atoms with Gasteiger partial charge in [0.05, 0.1) is 0 Å². The number of para-hydroxylation sites is 1. The second kappa shape index (κ2) is 7.54. The van der Waals surface area contributed by atoms with E-state index in [0.717, 1.165) is 53.8 Å². The zero-order valence-corrected chi connectivity index (χ0v) is 17.5. The summed E-state index contributed by atoms with van der Waals surface area (Å²) < 4.78 is 11.6. The summed E-state index contributed by atoms with van der Waals surface area (Å²) in [6.45, 7) is 8.03. The van der Waals surface area contributed by atoms with E-state index >= 15 is 0 Å². The zero-order valence-electron chi connectivity index (χ0n) is 17.5. The molecule has 2 aromatic heterocycles. The fourth-order valence-electron chi connectivity index (χ4n) is 3.94. The highest BCUT2D eigenvalue weighted by Gasteiger charge is 2.27. The Bertz CT molecular complexity index is 1020. The lowest BCUT2D eigenvalue weighted by Gasteiger charge is -2.35. The summed E-state index contributed by atoms with van der Waals surface area (Å²) in [4.78, 5) is 25.2. The van der Waals surface area contributed by atoms with E-state index in [1.54, 1.807) is 18.3 Å². The van der Waals surface area contributed by atoms with E-state index in [1.807, 2.05) is 45.0 Å². The van der Waals surface area contributed by atoms with Crippen LogP contribution in [0.3, 0.4) is 0 Å². The van der Waals surface area contributed by atoms with Crippen LogP contribution < -0.4 is 4.90 Å². The van der Waals surface area contributed by atoms with E-state index in [1.165, 1.54) is 0 Å². The lowest BCUT2D eigenvalue weighted by Crippen LogP contribution is -2.43. The van der Waals surface area contributed by atoms with Crippen LogP contribution in [0.4, 0.5) is 10.6 Å². The molecule has 29 heavy (non-hydrogen) atoms. The zero-order chi connectivity index (χ0) is 20.6. The van der Waals surface area contributed by atoms with E-state index in [0.29, 0.717) is 12.5 Å². The maximum Gasteiger partial charge on any atom is 0.410 e. The van der Waals surface area contributed by atoms with E-state index in [9.17, 15) is 4.79 Å². The van der Waals surface area contributed by atoms with Gasteiger partial charge in [-0.15, -0.1) is 0 Å². The molecule has 1 atom stereocenters.